The average Bonchev–Trinajstić information content (AvgIpc) is 3.26. The fourth-order valence-corrected chi connectivity index (χ4v) is 4.87. The van der Waals surface area contributed by atoms with E-state index in [1.165, 1.54) is 28.7 Å². The van der Waals surface area contributed by atoms with E-state index in [9.17, 15) is 27.6 Å². The zero-order chi connectivity index (χ0) is 29.7. The molecular weight excluding hydrogens is 543 g/mol. The Labute approximate surface area is 234 Å². The number of carbonyl (C=O) groups excluding carboxylic acids is 2. The third-order valence-corrected chi connectivity index (χ3v) is 6.97. The summed E-state index contributed by atoms with van der Waals surface area (Å²) in [7, 11) is 3.08. The predicted octanol–water partition coefficient (Wildman–Crippen LogP) is 3.89. The zero-order valence-electron chi connectivity index (χ0n) is 22.7. The van der Waals surface area contributed by atoms with E-state index >= 15 is 0 Å². The number of alkyl halides is 3. The molecule has 0 radical (unpaired) electrons. The molecule has 1 unspecified atom stereocenters. The van der Waals surface area contributed by atoms with Gasteiger partial charge >= 0.3 is 6.36 Å². The predicted molar refractivity (Wildman–Crippen MR) is 144 cm³/mol. The van der Waals surface area contributed by atoms with Crippen LogP contribution < -0.4 is 25.2 Å². The minimum atomic E-state index is -4.85. The van der Waals surface area contributed by atoms with E-state index < -0.39 is 23.9 Å². The SMILES string of the molecule is COCCn1ccc(C)c(N2C[C@@H](c3ccc(OC)cc3)C(CNC(=O)c3ccc(OC(F)(F)F)cc3)C2=O)c1=O. The first-order chi connectivity index (χ1) is 19.5. The number of benzene rings is 2. The highest BCUT2D eigenvalue weighted by molar-refractivity contribution is 6.00. The third-order valence-electron chi connectivity index (χ3n) is 6.97. The van der Waals surface area contributed by atoms with E-state index in [1.54, 1.807) is 38.4 Å². The van der Waals surface area contributed by atoms with Crippen LogP contribution in [0.5, 0.6) is 11.5 Å². The molecule has 1 aromatic heterocycles. The Bertz CT molecular complexity index is 1440. The number of nitrogens with zero attached hydrogens (tertiary/aromatic N) is 2. The number of halogens is 3. The van der Waals surface area contributed by atoms with Crippen LogP contribution in [0.3, 0.4) is 0 Å². The lowest BCUT2D eigenvalue weighted by atomic mass is 9.88. The first-order valence-electron chi connectivity index (χ1n) is 12.8. The molecule has 1 aliphatic heterocycles. The number of anilines is 1. The number of ether oxygens (including phenoxy) is 3. The first kappa shape index (κ1) is 29.7. The molecule has 2 amide bonds. The summed E-state index contributed by atoms with van der Waals surface area (Å²) < 4.78 is 53.1. The van der Waals surface area contributed by atoms with Crippen LogP contribution in [0.25, 0.3) is 0 Å². The van der Waals surface area contributed by atoms with Gasteiger partial charge in [0, 0.05) is 44.4 Å². The summed E-state index contributed by atoms with van der Waals surface area (Å²) in [6, 6.07) is 13.5. The molecule has 9 nitrogen and oxygen atoms in total. The summed E-state index contributed by atoms with van der Waals surface area (Å²) in [6.45, 7) is 2.55. The van der Waals surface area contributed by atoms with E-state index in [2.05, 4.69) is 10.1 Å². The van der Waals surface area contributed by atoms with Gasteiger partial charge in [-0.2, -0.15) is 0 Å². The van der Waals surface area contributed by atoms with Gasteiger partial charge in [0.1, 0.15) is 17.2 Å². The van der Waals surface area contributed by atoms with Crippen molar-refractivity contribution in [2.75, 3.05) is 38.8 Å². The minimum absolute atomic E-state index is 0.0601. The number of nitrogens with one attached hydrogen (secondary N) is 1. The Morgan fingerprint density at radius 1 is 1.00 bits per heavy atom. The lowest BCUT2D eigenvalue weighted by Gasteiger charge is -2.20. The minimum Gasteiger partial charge on any atom is -0.497 e. The molecule has 1 N–H and O–H groups in total. The number of pyridine rings is 1. The Hall–Kier alpha value is -4.32. The molecule has 218 valence electrons. The van der Waals surface area contributed by atoms with Crippen LogP contribution in [-0.4, -0.2) is 56.7 Å². The average molecular weight is 574 g/mol. The maximum Gasteiger partial charge on any atom is 0.573 e. The molecule has 2 atom stereocenters. The second-order valence-corrected chi connectivity index (χ2v) is 9.56. The second kappa shape index (κ2) is 12.5. The van der Waals surface area contributed by atoms with Gasteiger partial charge in [-0.25, -0.2) is 0 Å². The molecule has 41 heavy (non-hydrogen) atoms. The number of hydrogen-bond donors (Lipinski definition) is 1. The van der Waals surface area contributed by atoms with Gasteiger partial charge in [0.05, 0.1) is 19.6 Å². The largest absolute Gasteiger partial charge is 0.573 e. The van der Waals surface area contributed by atoms with Crippen LogP contribution in [0.1, 0.15) is 27.4 Å². The summed E-state index contributed by atoms with van der Waals surface area (Å²) >= 11 is 0. The van der Waals surface area contributed by atoms with Crippen molar-refractivity contribution in [1.82, 2.24) is 9.88 Å². The first-order valence-corrected chi connectivity index (χ1v) is 12.8. The molecule has 0 spiro atoms. The van der Waals surface area contributed by atoms with Crippen molar-refractivity contribution in [3.05, 3.63) is 87.8 Å². The fourth-order valence-electron chi connectivity index (χ4n) is 4.87. The van der Waals surface area contributed by atoms with Crippen molar-refractivity contribution >= 4 is 17.5 Å². The van der Waals surface area contributed by atoms with Gasteiger partial charge in [-0.1, -0.05) is 12.1 Å². The van der Waals surface area contributed by atoms with E-state index in [-0.39, 0.29) is 41.7 Å². The highest BCUT2D eigenvalue weighted by Crippen LogP contribution is 2.37. The molecule has 0 bridgehead atoms. The zero-order valence-corrected chi connectivity index (χ0v) is 22.7. The quantitative estimate of drug-likeness (QED) is 0.395. The molecule has 2 heterocycles. The van der Waals surface area contributed by atoms with Gasteiger partial charge in [0.2, 0.25) is 5.91 Å². The van der Waals surface area contributed by atoms with Crippen molar-refractivity contribution < 1.29 is 37.0 Å². The summed E-state index contributed by atoms with van der Waals surface area (Å²) in [5, 5.41) is 2.73. The lowest BCUT2D eigenvalue weighted by molar-refractivity contribution is -0.274. The van der Waals surface area contributed by atoms with Crippen molar-refractivity contribution in [3.63, 3.8) is 0 Å². The standard InChI is InChI=1S/C29H30F3N3O6/c1-18-12-13-34(14-15-39-2)28(38)25(18)35-17-24(19-4-8-21(40-3)9-5-19)23(27(35)37)16-33-26(36)20-6-10-22(11-7-20)41-29(30,31)32/h4-13,23-24H,14-17H2,1-3H3,(H,33,36)/t23?,24-/m0/s1. The van der Waals surface area contributed by atoms with Gasteiger partial charge in [0.25, 0.3) is 11.5 Å². The summed E-state index contributed by atoms with van der Waals surface area (Å²) in [4.78, 5) is 41.5. The number of hydrogen-bond acceptors (Lipinski definition) is 6. The van der Waals surface area contributed by atoms with E-state index in [0.717, 1.165) is 17.7 Å². The number of rotatable bonds is 10. The highest BCUT2D eigenvalue weighted by Gasteiger charge is 2.43. The third kappa shape index (κ3) is 6.88. The Morgan fingerprint density at radius 2 is 1.66 bits per heavy atom. The van der Waals surface area contributed by atoms with E-state index in [1.807, 2.05) is 12.1 Å². The summed E-state index contributed by atoms with van der Waals surface area (Å²) in [5.74, 6) is -1.80. The normalized spacial score (nSPS) is 17.0. The highest BCUT2D eigenvalue weighted by atomic mass is 19.4. The number of amides is 2. The van der Waals surface area contributed by atoms with Gasteiger partial charge in [0.15, 0.2) is 0 Å². The number of methoxy groups -OCH3 is 2. The molecular formula is C29H30F3N3O6. The van der Waals surface area contributed by atoms with Crippen LogP contribution in [-0.2, 0) is 16.1 Å². The maximum absolute atomic E-state index is 13.8. The molecule has 4 rings (SSSR count). The van der Waals surface area contributed by atoms with Gasteiger partial charge in [-0.3, -0.25) is 14.4 Å². The van der Waals surface area contributed by atoms with Crippen LogP contribution >= 0.6 is 0 Å². The van der Waals surface area contributed by atoms with E-state index in [0.29, 0.717) is 24.5 Å². The lowest BCUT2D eigenvalue weighted by Crippen LogP contribution is -2.38. The molecule has 0 aliphatic carbocycles. The smallest absolute Gasteiger partial charge is 0.497 e. The van der Waals surface area contributed by atoms with Crippen LogP contribution in [0.15, 0.2) is 65.6 Å². The van der Waals surface area contributed by atoms with E-state index in [4.69, 9.17) is 9.47 Å². The second-order valence-electron chi connectivity index (χ2n) is 9.56. The summed E-state index contributed by atoms with van der Waals surface area (Å²) in [5.41, 5.74) is 1.50. The molecule has 1 saturated heterocycles. The molecule has 1 aliphatic rings. The van der Waals surface area contributed by atoms with Crippen molar-refractivity contribution in [1.29, 1.82) is 0 Å². The molecule has 1 fully saturated rings. The number of carbonyl (C=O) groups is 2. The number of aryl methyl sites for hydroxylation is 1. The van der Waals surface area contributed by atoms with Crippen molar-refractivity contribution in [2.45, 2.75) is 25.7 Å². The Kier molecular flexibility index (Phi) is 9.01. The maximum atomic E-state index is 13.8. The van der Waals surface area contributed by atoms with Crippen LogP contribution in [0.2, 0.25) is 0 Å². The Balaban J connectivity index is 1.60. The van der Waals surface area contributed by atoms with Crippen LogP contribution in [0, 0.1) is 12.8 Å². The Morgan fingerprint density at radius 3 is 2.27 bits per heavy atom. The topological polar surface area (TPSA) is 99.1 Å². The van der Waals surface area contributed by atoms with Gasteiger partial charge < -0.3 is 29.0 Å². The molecule has 2 aromatic carbocycles. The summed E-state index contributed by atoms with van der Waals surface area (Å²) in [6.07, 6.45) is -3.19. The van der Waals surface area contributed by atoms with Crippen LogP contribution in [0.4, 0.5) is 18.9 Å². The monoisotopic (exact) mass is 573 g/mol. The van der Waals surface area contributed by atoms with Gasteiger partial charge in [-0.05, 0) is 60.5 Å². The molecule has 12 heteroatoms. The molecule has 0 saturated carbocycles. The molecule has 3 aromatic rings. The van der Waals surface area contributed by atoms with Gasteiger partial charge in [-0.15, -0.1) is 13.2 Å². The fraction of sp³-hybridized carbons (Fsp3) is 0.345. The van der Waals surface area contributed by atoms with Crippen molar-refractivity contribution in [2.24, 2.45) is 5.92 Å². The van der Waals surface area contributed by atoms with Crippen molar-refractivity contribution in [3.8, 4) is 11.5 Å². The number of aromatic nitrogens is 1.